The van der Waals surface area contributed by atoms with Gasteiger partial charge in [-0.3, -0.25) is 0 Å². The zero-order chi connectivity index (χ0) is 32.1. The van der Waals surface area contributed by atoms with Gasteiger partial charge >= 0.3 is 16.3 Å². The molecule has 4 aromatic rings. The molecule has 2 aliphatic heterocycles. The second kappa shape index (κ2) is 11.6. The van der Waals surface area contributed by atoms with Crippen molar-refractivity contribution in [2.24, 2.45) is 0 Å². The number of aryl methyl sites for hydroxylation is 1. The number of aromatic nitrogens is 5. The summed E-state index contributed by atoms with van der Waals surface area (Å²) in [5.41, 5.74) is 4.72. The van der Waals surface area contributed by atoms with E-state index in [-0.39, 0.29) is 6.09 Å². The summed E-state index contributed by atoms with van der Waals surface area (Å²) in [6.07, 6.45) is 3.14. The molecule has 0 radical (unpaired) electrons. The van der Waals surface area contributed by atoms with Crippen LogP contribution < -0.4 is 10.2 Å². The minimum atomic E-state index is -3.75. The molecule has 6 rings (SSSR count). The SMILES string of the molecule is Cc1nc2c(-c3cn(S(=O)(=O)N(C)C)cn3)cc(N3CCOCC3)nn2c1Nc1cccc2c1CN(C(=O)OC(C)(C)C)CC2. The van der Waals surface area contributed by atoms with Crippen molar-refractivity contribution >= 4 is 39.3 Å². The number of hydrogen-bond donors (Lipinski definition) is 1. The Morgan fingerprint density at radius 1 is 1.13 bits per heavy atom. The lowest BCUT2D eigenvalue weighted by molar-refractivity contribution is 0.0224. The minimum Gasteiger partial charge on any atom is -0.444 e. The smallest absolute Gasteiger partial charge is 0.410 e. The molecule has 240 valence electrons. The monoisotopic (exact) mass is 637 g/mol. The van der Waals surface area contributed by atoms with Crippen molar-refractivity contribution in [2.75, 3.05) is 57.2 Å². The topological polar surface area (TPSA) is 139 Å². The van der Waals surface area contributed by atoms with Crippen LogP contribution in [-0.4, -0.2) is 99.8 Å². The van der Waals surface area contributed by atoms with Gasteiger partial charge in [0.15, 0.2) is 17.3 Å². The van der Waals surface area contributed by atoms with Crippen LogP contribution in [0.4, 0.5) is 22.1 Å². The summed E-state index contributed by atoms with van der Waals surface area (Å²) in [6, 6.07) is 7.96. The molecule has 15 heteroatoms. The van der Waals surface area contributed by atoms with Gasteiger partial charge in [-0.05, 0) is 57.4 Å². The van der Waals surface area contributed by atoms with Crippen LogP contribution in [0.3, 0.4) is 0 Å². The molecule has 2 aliphatic rings. The first-order chi connectivity index (χ1) is 21.3. The Hall–Kier alpha value is -4.21. The average Bonchev–Trinajstić information content (AvgIpc) is 3.62. The van der Waals surface area contributed by atoms with E-state index in [2.05, 4.69) is 21.3 Å². The second-order valence-corrected chi connectivity index (χ2v) is 14.4. The van der Waals surface area contributed by atoms with Gasteiger partial charge in [-0.15, -0.1) is 5.10 Å². The molecule has 1 fully saturated rings. The maximum Gasteiger partial charge on any atom is 0.410 e. The highest BCUT2D eigenvalue weighted by molar-refractivity contribution is 7.87. The Morgan fingerprint density at radius 3 is 2.60 bits per heavy atom. The molecule has 0 atom stereocenters. The number of hydrogen-bond acceptors (Lipinski definition) is 10. The van der Waals surface area contributed by atoms with E-state index in [0.717, 1.165) is 25.1 Å². The van der Waals surface area contributed by atoms with E-state index in [1.54, 1.807) is 9.42 Å². The third kappa shape index (κ3) is 6.07. The number of carbonyl (C=O) groups is 1. The van der Waals surface area contributed by atoms with Crippen molar-refractivity contribution < 1.29 is 22.7 Å². The summed E-state index contributed by atoms with van der Waals surface area (Å²) in [6.45, 7) is 10.9. The zero-order valence-electron chi connectivity index (χ0n) is 26.4. The first kappa shape index (κ1) is 30.8. The van der Waals surface area contributed by atoms with Crippen molar-refractivity contribution in [3.8, 4) is 11.3 Å². The molecule has 1 aromatic carbocycles. The average molecular weight is 638 g/mol. The van der Waals surface area contributed by atoms with Gasteiger partial charge < -0.3 is 24.6 Å². The Labute approximate surface area is 262 Å². The number of nitrogens with zero attached hydrogens (tertiary/aromatic N) is 8. The zero-order valence-corrected chi connectivity index (χ0v) is 27.3. The lowest BCUT2D eigenvalue weighted by Crippen LogP contribution is -2.40. The number of ether oxygens (including phenoxy) is 2. The fraction of sp³-hybridized carbons (Fsp3) is 0.467. The number of carbonyl (C=O) groups excluding carboxylic acids is 1. The van der Waals surface area contributed by atoms with Crippen molar-refractivity contribution in [1.82, 2.24) is 32.8 Å². The molecule has 5 heterocycles. The molecular formula is C30H39N9O5S. The number of benzene rings is 1. The van der Waals surface area contributed by atoms with E-state index in [1.165, 1.54) is 26.6 Å². The Morgan fingerprint density at radius 2 is 1.89 bits per heavy atom. The molecule has 45 heavy (non-hydrogen) atoms. The van der Waals surface area contributed by atoms with Crippen LogP contribution in [0.1, 0.15) is 37.6 Å². The van der Waals surface area contributed by atoms with Crippen molar-refractivity contribution in [3.05, 3.63) is 53.6 Å². The molecule has 3 aromatic heterocycles. The summed E-state index contributed by atoms with van der Waals surface area (Å²) >= 11 is 0. The molecule has 0 saturated carbocycles. The lowest BCUT2D eigenvalue weighted by atomic mass is 9.98. The number of imidazole rings is 2. The van der Waals surface area contributed by atoms with E-state index in [4.69, 9.17) is 19.6 Å². The number of fused-ring (bicyclic) bond motifs is 2. The van der Waals surface area contributed by atoms with Crippen molar-refractivity contribution in [1.29, 1.82) is 0 Å². The summed E-state index contributed by atoms with van der Waals surface area (Å²) < 4.78 is 40.8. The van der Waals surface area contributed by atoms with E-state index >= 15 is 0 Å². The number of anilines is 3. The summed E-state index contributed by atoms with van der Waals surface area (Å²) in [7, 11) is -0.806. The highest BCUT2D eigenvalue weighted by Gasteiger charge is 2.28. The molecule has 1 amide bonds. The summed E-state index contributed by atoms with van der Waals surface area (Å²) in [5.74, 6) is 1.35. The standard InChI is InChI=1S/C30H39N9O5S/c1-20-27(33-24-9-7-8-21-10-11-37(17-23(21)24)29(40)44-30(2,3)4)39-28(32-20)22(16-26(34-39)36-12-14-43-15-13-36)25-18-38(19-31-25)45(41,42)35(5)6/h7-9,16,18-19,33H,10-15,17H2,1-6H3. The van der Waals surface area contributed by atoms with Crippen LogP contribution in [0.15, 0.2) is 36.8 Å². The third-order valence-corrected chi connectivity index (χ3v) is 9.48. The van der Waals surface area contributed by atoms with Gasteiger partial charge in [0.25, 0.3) is 0 Å². The Kier molecular flexibility index (Phi) is 7.95. The van der Waals surface area contributed by atoms with Gasteiger partial charge in [0, 0.05) is 45.6 Å². The molecule has 0 spiro atoms. The van der Waals surface area contributed by atoms with Crippen LogP contribution in [-0.2, 0) is 32.6 Å². The van der Waals surface area contributed by atoms with Gasteiger partial charge in [-0.2, -0.15) is 17.2 Å². The second-order valence-electron chi connectivity index (χ2n) is 12.4. The van der Waals surface area contributed by atoms with Crippen LogP contribution in [0.2, 0.25) is 0 Å². The van der Waals surface area contributed by atoms with Crippen molar-refractivity contribution in [2.45, 2.75) is 46.3 Å². The van der Waals surface area contributed by atoms with Crippen LogP contribution >= 0.6 is 0 Å². The summed E-state index contributed by atoms with van der Waals surface area (Å²) in [4.78, 5) is 26.1. The van der Waals surface area contributed by atoms with Gasteiger partial charge in [-0.25, -0.2) is 18.7 Å². The number of nitrogens with one attached hydrogen (secondary N) is 1. The van der Waals surface area contributed by atoms with E-state index < -0.39 is 15.8 Å². The number of amides is 1. The number of morpholine rings is 1. The van der Waals surface area contributed by atoms with Crippen LogP contribution in [0.25, 0.3) is 16.9 Å². The van der Waals surface area contributed by atoms with Gasteiger partial charge in [0.2, 0.25) is 0 Å². The maximum absolute atomic E-state index is 12.9. The fourth-order valence-corrected chi connectivity index (χ4v) is 6.24. The maximum atomic E-state index is 12.9. The molecule has 0 unspecified atom stereocenters. The Balaban J connectivity index is 1.43. The molecule has 0 bridgehead atoms. The van der Waals surface area contributed by atoms with Crippen LogP contribution in [0.5, 0.6) is 0 Å². The van der Waals surface area contributed by atoms with E-state index in [0.29, 0.717) is 80.0 Å². The highest BCUT2D eigenvalue weighted by atomic mass is 32.2. The number of rotatable bonds is 6. The molecule has 0 aliphatic carbocycles. The largest absolute Gasteiger partial charge is 0.444 e. The van der Waals surface area contributed by atoms with Gasteiger partial charge in [-0.1, -0.05) is 12.1 Å². The lowest BCUT2D eigenvalue weighted by Gasteiger charge is -2.32. The molecular weight excluding hydrogens is 598 g/mol. The van der Waals surface area contributed by atoms with Crippen LogP contribution in [0, 0.1) is 6.92 Å². The van der Waals surface area contributed by atoms with Gasteiger partial charge in [0.1, 0.15) is 11.9 Å². The van der Waals surface area contributed by atoms with Gasteiger partial charge in [0.05, 0.1) is 36.7 Å². The first-order valence-corrected chi connectivity index (χ1v) is 16.3. The minimum absolute atomic E-state index is 0.342. The first-order valence-electron chi connectivity index (χ1n) is 14.9. The molecule has 1 N–H and O–H groups in total. The summed E-state index contributed by atoms with van der Waals surface area (Å²) in [5, 5.41) is 8.57. The normalized spacial score (nSPS) is 15.9. The quantitative estimate of drug-likeness (QED) is 0.335. The van der Waals surface area contributed by atoms with Crippen molar-refractivity contribution in [3.63, 3.8) is 0 Å². The molecule has 1 saturated heterocycles. The van der Waals surface area contributed by atoms with E-state index in [1.807, 2.05) is 45.9 Å². The predicted octanol–water partition coefficient (Wildman–Crippen LogP) is 3.43. The molecule has 14 nitrogen and oxygen atoms in total. The third-order valence-electron chi connectivity index (χ3n) is 7.82. The predicted molar refractivity (Wildman–Crippen MR) is 170 cm³/mol. The fourth-order valence-electron chi connectivity index (χ4n) is 5.46. The van der Waals surface area contributed by atoms with E-state index in [9.17, 15) is 13.2 Å². The Bertz CT molecular complexity index is 1850. The highest BCUT2D eigenvalue weighted by Crippen LogP contribution is 2.34.